The summed E-state index contributed by atoms with van der Waals surface area (Å²) in [6, 6.07) is 0. The summed E-state index contributed by atoms with van der Waals surface area (Å²) in [7, 11) is 0. The smallest absolute Gasteiger partial charge is 0.290 e. The predicted octanol–water partition coefficient (Wildman–Crippen LogP) is 2.45. The number of carboxylic acid groups (broad SMARTS) is 1. The van der Waals surface area contributed by atoms with Crippen molar-refractivity contribution in [2.24, 2.45) is 5.92 Å². The molecular formula is C9H16O2. The molecular weight excluding hydrogens is 140 g/mol. The first-order valence-electron chi connectivity index (χ1n) is 4.05. The molecule has 0 heterocycles. The van der Waals surface area contributed by atoms with E-state index < -0.39 is 0 Å². The van der Waals surface area contributed by atoms with E-state index in [2.05, 4.69) is 12.7 Å². The van der Waals surface area contributed by atoms with Crippen molar-refractivity contribution < 1.29 is 9.90 Å². The molecule has 64 valence electrons. The summed E-state index contributed by atoms with van der Waals surface area (Å²) in [4.78, 5) is 8.36. The zero-order chi connectivity index (χ0) is 8.53. The van der Waals surface area contributed by atoms with Crippen LogP contribution in [0.4, 0.5) is 0 Å². The standard InChI is InChI=1S/C8H14.CH2O2/c1-2-8-6-4-3-5-7-8;2-1-3/h2,8H,1,3-7H2;1H,(H,2,3). The summed E-state index contributed by atoms with van der Waals surface area (Å²) in [6.07, 6.45) is 9.20. The third-order valence-corrected chi connectivity index (χ3v) is 1.98. The van der Waals surface area contributed by atoms with Crippen LogP contribution in [0.15, 0.2) is 12.7 Å². The molecule has 0 radical (unpaired) electrons. The van der Waals surface area contributed by atoms with Crippen LogP contribution < -0.4 is 0 Å². The second kappa shape index (κ2) is 7.32. The zero-order valence-corrected chi connectivity index (χ0v) is 6.83. The van der Waals surface area contributed by atoms with Gasteiger partial charge in [-0.15, -0.1) is 6.58 Å². The maximum absolute atomic E-state index is 8.36. The van der Waals surface area contributed by atoms with Crippen molar-refractivity contribution in [3.8, 4) is 0 Å². The van der Waals surface area contributed by atoms with Crippen LogP contribution in [0, 0.1) is 5.92 Å². The number of hydrogen-bond donors (Lipinski definition) is 1. The summed E-state index contributed by atoms with van der Waals surface area (Å²) >= 11 is 0. The van der Waals surface area contributed by atoms with E-state index in [1.807, 2.05) is 0 Å². The van der Waals surface area contributed by atoms with Gasteiger partial charge in [-0.1, -0.05) is 25.3 Å². The molecule has 0 spiro atoms. The lowest BCUT2D eigenvalue weighted by molar-refractivity contribution is -0.122. The minimum Gasteiger partial charge on any atom is -0.483 e. The highest BCUT2D eigenvalue weighted by atomic mass is 16.3. The first kappa shape index (κ1) is 10.2. The quantitative estimate of drug-likeness (QED) is 0.467. The first-order chi connectivity index (χ1) is 5.35. The van der Waals surface area contributed by atoms with E-state index >= 15 is 0 Å². The molecule has 1 rings (SSSR count). The summed E-state index contributed by atoms with van der Waals surface area (Å²) in [6.45, 7) is 3.53. The Morgan fingerprint density at radius 2 is 1.73 bits per heavy atom. The van der Waals surface area contributed by atoms with E-state index in [0.29, 0.717) is 0 Å². The maximum Gasteiger partial charge on any atom is 0.290 e. The third-order valence-electron chi connectivity index (χ3n) is 1.98. The van der Waals surface area contributed by atoms with Gasteiger partial charge >= 0.3 is 0 Å². The molecule has 1 N–H and O–H groups in total. The largest absolute Gasteiger partial charge is 0.483 e. The Balaban J connectivity index is 0.000000292. The van der Waals surface area contributed by atoms with Gasteiger partial charge in [0, 0.05) is 0 Å². The Labute approximate surface area is 67.9 Å². The van der Waals surface area contributed by atoms with E-state index in [4.69, 9.17) is 9.90 Å². The Kier molecular flexibility index (Phi) is 6.79. The summed E-state index contributed by atoms with van der Waals surface area (Å²) < 4.78 is 0. The average Bonchev–Trinajstić information content (AvgIpc) is 2.08. The van der Waals surface area contributed by atoms with Crippen molar-refractivity contribution in [1.29, 1.82) is 0 Å². The maximum atomic E-state index is 8.36. The van der Waals surface area contributed by atoms with Crippen molar-refractivity contribution in [2.75, 3.05) is 0 Å². The van der Waals surface area contributed by atoms with Gasteiger partial charge in [0.05, 0.1) is 0 Å². The Morgan fingerprint density at radius 3 is 2.00 bits per heavy atom. The van der Waals surface area contributed by atoms with E-state index in [1.165, 1.54) is 32.1 Å². The van der Waals surface area contributed by atoms with Gasteiger partial charge in [0.1, 0.15) is 0 Å². The molecule has 2 heteroatoms. The molecule has 1 fully saturated rings. The van der Waals surface area contributed by atoms with Crippen LogP contribution in [0.3, 0.4) is 0 Å². The van der Waals surface area contributed by atoms with Gasteiger partial charge in [-0.05, 0) is 18.8 Å². The SMILES string of the molecule is C=CC1CCCCC1.O=CO. The molecule has 2 nitrogen and oxygen atoms in total. The number of carbonyl (C=O) groups is 1. The molecule has 0 aliphatic heterocycles. The van der Waals surface area contributed by atoms with Gasteiger partial charge in [0.25, 0.3) is 6.47 Å². The van der Waals surface area contributed by atoms with E-state index in [1.54, 1.807) is 0 Å². The van der Waals surface area contributed by atoms with Crippen molar-refractivity contribution in [3.05, 3.63) is 12.7 Å². The summed E-state index contributed by atoms with van der Waals surface area (Å²) in [5.41, 5.74) is 0. The Hall–Kier alpha value is -0.790. The lowest BCUT2D eigenvalue weighted by Gasteiger charge is -2.16. The Morgan fingerprint density at radius 1 is 1.27 bits per heavy atom. The molecule has 0 aromatic rings. The third kappa shape index (κ3) is 5.64. The molecule has 0 amide bonds. The molecule has 0 aromatic carbocycles. The fourth-order valence-corrected chi connectivity index (χ4v) is 1.37. The monoisotopic (exact) mass is 156 g/mol. The van der Waals surface area contributed by atoms with Crippen LogP contribution in [0.25, 0.3) is 0 Å². The van der Waals surface area contributed by atoms with Crippen LogP contribution in [0.1, 0.15) is 32.1 Å². The fourth-order valence-electron chi connectivity index (χ4n) is 1.37. The number of hydrogen-bond acceptors (Lipinski definition) is 1. The number of allylic oxidation sites excluding steroid dienone is 1. The highest BCUT2D eigenvalue weighted by Gasteiger charge is 2.07. The van der Waals surface area contributed by atoms with Gasteiger partial charge in [-0.25, -0.2) is 0 Å². The molecule has 11 heavy (non-hydrogen) atoms. The first-order valence-corrected chi connectivity index (χ1v) is 4.05. The average molecular weight is 156 g/mol. The van der Waals surface area contributed by atoms with Gasteiger partial charge in [0.2, 0.25) is 0 Å². The Bertz CT molecular complexity index is 104. The molecule has 1 saturated carbocycles. The van der Waals surface area contributed by atoms with Crippen LogP contribution >= 0.6 is 0 Å². The molecule has 0 bridgehead atoms. The highest BCUT2D eigenvalue weighted by molar-refractivity contribution is 5.32. The van der Waals surface area contributed by atoms with E-state index in [-0.39, 0.29) is 6.47 Å². The normalized spacial score (nSPS) is 17.8. The minimum atomic E-state index is -0.250. The second-order valence-corrected chi connectivity index (χ2v) is 2.74. The number of rotatable bonds is 1. The van der Waals surface area contributed by atoms with Crippen LogP contribution in [0.2, 0.25) is 0 Å². The van der Waals surface area contributed by atoms with Gasteiger partial charge in [-0.3, -0.25) is 4.79 Å². The molecule has 0 aromatic heterocycles. The predicted molar refractivity (Wildman–Crippen MR) is 45.5 cm³/mol. The molecule has 0 saturated heterocycles. The molecule has 1 aliphatic carbocycles. The van der Waals surface area contributed by atoms with Crippen LogP contribution in [-0.4, -0.2) is 11.6 Å². The zero-order valence-electron chi connectivity index (χ0n) is 6.83. The molecule has 1 aliphatic rings. The minimum absolute atomic E-state index is 0.250. The van der Waals surface area contributed by atoms with Crippen molar-refractivity contribution in [3.63, 3.8) is 0 Å². The topological polar surface area (TPSA) is 37.3 Å². The molecule has 0 atom stereocenters. The van der Waals surface area contributed by atoms with Crippen molar-refractivity contribution in [2.45, 2.75) is 32.1 Å². The van der Waals surface area contributed by atoms with Gasteiger partial charge in [0.15, 0.2) is 0 Å². The lowest BCUT2D eigenvalue weighted by atomic mass is 9.90. The van der Waals surface area contributed by atoms with Gasteiger partial charge in [-0.2, -0.15) is 0 Å². The summed E-state index contributed by atoms with van der Waals surface area (Å²) in [5.74, 6) is 0.851. The summed E-state index contributed by atoms with van der Waals surface area (Å²) in [5, 5.41) is 6.89. The van der Waals surface area contributed by atoms with E-state index in [9.17, 15) is 0 Å². The van der Waals surface area contributed by atoms with Crippen LogP contribution in [0.5, 0.6) is 0 Å². The second-order valence-electron chi connectivity index (χ2n) is 2.74. The van der Waals surface area contributed by atoms with Crippen molar-refractivity contribution >= 4 is 6.47 Å². The highest BCUT2D eigenvalue weighted by Crippen LogP contribution is 2.23. The van der Waals surface area contributed by atoms with Crippen LogP contribution in [-0.2, 0) is 4.79 Å². The lowest BCUT2D eigenvalue weighted by Crippen LogP contribution is -2.01. The fraction of sp³-hybridized carbons (Fsp3) is 0.667. The van der Waals surface area contributed by atoms with Gasteiger partial charge < -0.3 is 5.11 Å². The molecule has 0 unspecified atom stereocenters. The van der Waals surface area contributed by atoms with Crippen molar-refractivity contribution in [1.82, 2.24) is 0 Å². The van der Waals surface area contributed by atoms with E-state index in [0.717, 1.165) is 5.92 Å².